The number of carbonyl (C=O) groups excluding carboxylic acids is 1. The van der Waals surface area contributed by atoms with Crippen molar-refractivity contribution in [3.8, 4) is 0 Å². The summed E-state index contributed by atoms with van der Waals surface area (Å²) >= 11 is 4.70. The molecule has 0 aliphatic carbocycles. The molecule has 0 bridgehead atoms. The van der Waals surface area contributed by atoms with Crippen LogP contribution in [0.2, 0.25) is 0 Å². The minimum Gasteiger partial charge on any atom is -0.389 e. The topological polar surface area (TPSA) is 64.3 Å². The highest BCUT2D eigenvalue weighted by molar-refractivity contribution is 7.80. The van der Waals surface area contributed by atoms with Crippen LogP contribution in [0.4, 0.5) is 18.9 Å². The first kappa shape index (κ1) is 16.4. The lowest BCUT2D eigenvalue weighted by Crippen LogP contribution is -2.20. The van der Waals surface area contributed by atoms with Gasteiger partial charge in [-0.1, -0.05) is 18.3 Å². The molecule has 0 aromatic heterocycles. The molecule has 1 aromatic rings. The Morgan fingerprint density at radius 3 is 2.75 bits per heavy atom. The van der Waals surface area contributed by atoms with Gasteiger partial charge in [0.25, 0.3) is 6.43 Å². The van der Waals surface area contributed by atoms with Crippen molar-refractivity contribution in [2.75, 3.05) is 18.5 Å². The number of hydrogen-bond donors (Lipinski definition) is 2. The third-order valence-electron chi connectivity index (χ3n) is 2.25. The smallest absolute Gasteiger partial charge is 0.261 e. The summed E-state index contributed by atoms with van der Waals surface area (Å²) in [6.45, 7) is -0.890. The summed E-state index contributed by atoms with van der Waals surface area (Å²) in [5.41, 5.74) is 5.45. The van der Waals surface area contributed by atoms with Gasteiger partial charge in [-0.05, 0) is 12.1 Å². The Morgan fingerprint density at radius 2 is 2.15 bits per heavy atom. The molecular formula is C12H13F3N2O2S. The predicted molar refractivity (Wildman–Crippen MR) is 72.4 cm³/mol. The number of carbonyl (C=O) groups is 1. The van der Waals surface area contributed by atoms with E-state index in [4.69, 9.17) is 18.0 Å². The second-order valence-electron chi connectivity index (χ2n) is 3.79. The van der Waals surface area contributed by atoms with Crippen molar-refractivity contribution in [3.05, 3.63) is 29.6 Å². The van der Waals surface area contributed by atoms with E-state index in [-0.39, 0.29) is 29.3 Å². The van der Waals surface area contributed by atoms with Gasteiger partial charge < -0.3 is 15.8 Å². The molecule has 1 aromatic carbocycles. The van der Waals surface area contributed by atoms with E-state index in [0.29, 0.717) is 0 Å². The monoisotopic (exact) mass is 306 g/mol. The number of nitrogens with one attached hydrogen (secondary N) is 1. The lowest BCUT2D eigenvalue weighted by Gasteiger charge is -2.11. The van der Waals surface area contributed by atoms with Gasteiger partial charge >= 0.3 is 0 Å². The maximum absolute atomic E-state index is 13.5. The van der Waals surface area contributed by atoms with E-state index in [9.17, 15) is 18.0 Å². The average Bonchev–Trinajstić information content (AvgIpc) is 2.34. The molecule has 0 radical (unpaired) electrons. The Labute approximate surface area is 119 Å². The van der Waals surface area contributed by atoms with Gasteiger partial charge in [0.2, 0.25) is 5.91 Å². The van der Waals surface area contributed by atoms with Crippen molar-refractivity contribution in [2.24, 2.45) is 5.73 Å². The van der Waals surface area contributed by atoms with Crippen molar-refractivity contribution >= 4 is 28.8 Å². The van der Waals surface area contributed by atoms with Crippen LogP contribution >= 0.6 is 12.2 Å². The number of hydrogen-bond acceptors (Lipinski definition) is 3. The first-order valence-electron chi connectivity index (χ1n) is 5.66. The predicted octanol–water partition coefficient (Wildman–Crippen LogP) is 2.07. The summed E-state index contributed by atoms with van der Waals surface area (Å²) in [5, 5.41) is 2.41. The van der Waals surface area contributed by atoms with Crippen LogP contribution in [0.5, 0.6) is 0 Å². The molecule has 0 spiro atoms. The summed E-state index contributed by atoms with van der Waals surface area (Å²) in [6.07, 6.45) is -2.72. The minimum atomic E-state index is -2.58. The number of benzene rings is 1. The molecule has 0 saturated heterocycles. The average molecular weight is 306 g/mol. The van der Waals surface area contributed by atoms with Gasteiger partial charge in [-0.2, -0.15) is 0 Å². The van der Waals surface area contributed by atoms with Gasteiger partial charge in [0.15, 0.2) is 0 Å². The second-order valence-corrected chi connectivity index (χ2v) is 4.23. The van der Waals surface area contributed by atoms with Crippen LogP contribution in [0.15, 0.2) is 18.2 Å². The minimum absolute atomic E-state index is 0.0654. The fourth-order valence-electron chi connectivity index (χ4n) is 1.43. The third kappa shape index (κ3) is 5.14. The molecule has 3 N–H and O–H groups in total. The van der Waals surface area contributed by atoms with Gasteiger partial charge in [-0.15, -0.1) is 0 Å². The van der Waals surface area contributed by atoms with Gasteiger partial charge in [0.1, 0.15) is 17.4 Å². The van der Waals surface area contributed by atoms with E-state index in [1.54, 1.807) is 0 Å². The molecule has 110 valence electrons. The van der Waals surface area contributed by atoms with Crippen LogP contribution in [0.1, 0.15) is 12.0 Å². The highest BCUT2D eigenvalue weighted by Gasteiger charge is 2.13. The molecule has 0 unspecified atom stereocenters. The van der Waals surface area contributed by atoms with Crippen LogP contribution in [0.3, 0.4) is 0 Å². The number of alkyl halides is 2. The molecule has 0 aliphatic heterocycles. The summed E-state index contributed by atoms with van der Waals surface area (Å²) in [4.78, 5) is 11.4. The van der Waals surface area contributed by atoms with Crippen LogP contribution < -0.4 is 11.1 Å². The highest BCUT2D eigenvalue weighted by Crippen LogP contribution is 2.19. The maximum Gasteiger partial charge on any atom is 0.261 e. The molecule has 4 nitrogen and oxygen atoms in total. The zero-order valence-electron chi connectivity index (χ0n) is 10.4. The number of ether oxygens (including phenoxy) is 1. The zero-order valence-corrected chi connectivity index (χ0v) is 11.2. The van der Waals surface area contributed by atoms with Gasteiger partial charge in [-0.3, -0.25) is 4.79 Å². The van der Waals surface area contributed by atoms with Crippen molar-refractivity contribution in [1.82, 2.24) is 0 Å². The molecule has 0 fully saturated rings. The van der Waals surface area contributed by atoms with Crippen molar-refractivity contribution < 1.29 is 22.7 Å². The first-order chi connectivity index (χ1) is 9.41. The Hall–Kier alpha value is -1.67. The lowest BCUT2D eigenvalue weighted by atomic mass is 10.1. The summed E-state index contributed by atoms with van der Waals surface area (Å²) < 4.78 is 41.7. The Kier molecular flexibility index (Phi) is 6.40. The van der Waals surface area contributed by atoms with Crippen molar-refractivity contribution in [3.63, 3.8) is 0 Å². The molecule has 0 saturated carbocycles. The Morgan fingerprint density at radius 1 is 1.45 bits per heavy atom. The molecule has 1 rings (SSSR count). The standard InChI is InChI=1S/C12H13F3N2O2S/c13-7-2-1-3-8(11(7)12(16)20)17-10(18)4-5-19-6-9(14)15/h1-3,9H,4-6H2,(H2,16,20)(H,17,18). The zero-order chi connectivity index (χ0) is 15.1. The molecule has 0 heterocycles. The summed E-state index contributed by atoms with van der Waals surface area (Å²) in [7, 11) is 0. The van der Waals surface area contributed by atoms with Crippen molar-refractivity contribution in [2.45, 2.75) is 12.8 Å². The van der Waals surface area contributed by atoms with E-state index < -0.39 is 24.8 Å². The number of nitrogens with two attached hydrogens (primary N) is 1. The van der Waals surface area contributed by atoms with Crippen LogP contribution in [-0.4, -0.2) is 30.5 Å². The normalized spacial score (nSPS) is 10.6. The fourth-order valence-corrected chi connectivity index (χ4v) is 1.64. The Bertz CT molecular complexity index is 498. The van der Waals surface area contributed by atoms with E-state index in [0.717, 1.165) is 6.07 Å². The molecule has 0 aliphatic rings. The summed E-state index contributed by atoms with van der Waals surface area (Å²) in [5.74, 6) is -1.16. The first-order valence-corrected chi connectivity index (χ1v) is 6.06. The fraction of sp³-hybridized carbons (Fsp3) is 0.333. The summed E-state index contributed by atoms with van der Waals surface area (Å²) in [6, 6.07) is 3.99. The number of amides is 1. The van der Waals surface area contributed by atoms with E-state index in [1.165, 1.54) is 12.1 Å². The molecule has 20 heavy (non-hydrogen) atoms. The van der Waals surface area contributed by atoms with Crippen LogP contribution in [0.25, 0.3) is 0 Å². The largest absolute Gasteiger partial charge is 0.389 e. The maximum atomic E-state index is 13.5. The van der Waals surface area contributed by atoms with E-state index in [2.05, 4.69) is 10.1 Å². The second kappa shape index (κ2) is 7.81. The van der Waals surface area contributed by atoms with Crippen LogP contribution in [0, 0.1) is 5.82 Å². The van der Waals surface area contributed by atoms with E-state index in [1.807, 2.05) is 0 Å². The van der Waals surface area contributed by atoms with Crippen molar-refractivity contribution in [1.29, 1.82) is 0 Å². The molecule has 0 atom stereocenters. The molecular weight excluding hydrogens is 293 g/mol. The number of halogens is 3. The van der Waals surface area contributed by atoms with Gasteiger partial charge in [-0.25, -0.2) is 13.2 Å². The van der Waals surface area contributed by atoms with Crippen LogP contribution in [-0.2, 0) is 9.53 Å². The third-order valence-corrected chi connectivity index (χ3v) is 2.46. The quantitative estimate of drug-likeness (QED) is 0.598. The highest BCUT2D eigenvalue weighted by atomic mass is 32.1. The van der Waals surface area contributed by atoms with Gasteiger partial charge in [0, 0.05) is 0 Å². The molecule has 8 heteroatoms. The number of rotatable bonds is 7. The number of anilines is 1. The van der Waals surface area contributed by atoms with E-state index >= 15 is 0 Å². The molecule has 1 amide bonds. The lowest BCUT2D eigenvalue weighted by molar-refractivity contribution is -0.117. The number of thiocarbonyl (C=S) groups is 1. The van der Waals surface area contributed by atoms with Gasteiger partial charge in [0.05, 0.1) is 24.3 Å². The SMILES string of the molecule is NC(=S)c1c(F)cccc1NC(=O)CCOCC(F)F. The Balaban J connectivity index is 2.58.